The van der Waals surface area contributed by atoms with Crippen LogP contribution in [0.25, 0.3) is 0 Å². The molecule has 0 amide bonds. The highest BCUT2D eigenvalue weighted by atomic mass is 16.1. The molecule has 1 unspecified atom stereocenters. The molecular weight excluding hydrogens is 184 g/mol. The lowest BCUT2D eigenvalue weighted by Crippen LogP contribution is -2.23. The smallest absolute Gasteiger partial charge is 0.159 e. The third-order valence-electron chi connectivity index (χ3n) is 2.38. The summed E-state index contributed by atoms with van der Waals surface area (Å²) in [6.07, 6.45) is 9.53. The van der Waals surface area contributed by atoms with Crippen LogP contribution in [-0.4, -0.2) is 5.78 Å². The van der Waals surface area contributed by atoms with Gasteiger partial charge in [0.25, 0.3) is 0 Å². The van der Waals surface area contributed by atoms with E-state index in [9.17, 15) is 4.79 Å². The molecule has 1 rings (SSSR count). The highest BCUT2D eigenvalue weighted by molar-refractivity contribution is 5.94. The Kier molecular flexibility index (Phi) is 5.36. The van der Waals surface area contributed by atoms with Crippen molar-refractivity contribution in [1.29, 1.82) is 0 Å². The maximum absolute atomic E-state index is 11.1. The van der Waals surface area contributed by atoms with Crippen LogP contribution in [0.15, 0.2) is 12.2 Å². The van der Waals surface area contributed by atoms with E-state index in [4.69, 9.17) is 6.42 Å². The quantitative estimate of drug-likeness (QED) is 0.555. The molecular formula is C14H22O. The van der Waals surface area contributed by atoms with E-state index in [1.807, 2.05) is 19.9 Å². The molecule has 0 saturated heterocycles. The summed E-state index contributed by atoms with van der Waals surface area (Å²) in [5.74, 6) is 3.47. The first-order valence-electron chi connectivity index (χ1n) is 5.45. The Bertz CT molecular complexity index is 271. The van der Waals surface area contributed by atoms with Gasteiger partial charge in [0.05, 0.1) is 0 Å². The summed E-state index contributed by atoms with van der Waals surface area (Å²) in [5.41, 5.74) is 0.139. The van der Waals surface area contributed by atoms with Gasteiger partial charge in [0.2, 0.25) is 0 Å². The third kappa shape index (κ3) is 5.42. The van der Waals surface area contributed by atoms with E-state index >= 15 is 0 Å². The summed E-state index contributed by atoms with van der Waals surface area (Å²) in [7, 11) is 0. The Morgan fingerprint density at radius 3 is 2.07 bits per heavy atom. The summed E-state index contributed by atoms with van der Waals surface area (Å²) in [6.45, 7) is 10.3. The molecule has 0 radical (unpaired) electrons. The summed E-state index contributed by atoms with van der Waals surface area (Å²) >= 11 is 0. The second kappa shape index (κ2) is 5.75. The molecule has 1 heteroatoms. The van der Waals surface area contributed by atoms with Crippen LogP contribution in [-0.2, 0) is 4.79 Å². The van der Waals surface area contributed by atoms with Gasteiger partial charge in [-0.25, -0.2) is 0 Å². The first kappa shape index (κ1) is 14.0. The Morgan fingerprint density at radius 1 is 1.47 bits per heavy atom. The zero-order valence-electron chi connectivity index (χ0n) is 10.5. The molecule has 0 aromatic carbocycles. The fourth-order valence-corrected chi connectivity index (χ4v) is 1.33. The monoisotopic (exact) mass is 206 g/mol. The highest BCUT2D eigenvalue weighted by Crippen LogP contribution is 2.32. The topological polar surface area (TPSA) is 17.1 Å². The Labute approximate surface area is 94.0 Å². The van der Waals surface area contributed by atoms with Crippen LogP contribution in [0.2, 0.25) is 0 Å². The molecule has 1 atom stereocenters. The van der Waals surface area contributed by atoms with Crippen molar-refractivity contribution in [2.45, 2.75) is 41.0 Å². The van der Waals surface area contributed by atoms with Gasteiger partial charge in [0.1, 0.15) is 0 Å². The Morgan fingerprint density at radius 2 is 1.93 bits per heavy atom. The molecule has 0 aromatic heterocycles. The summed E-state index contributed by atoms with van der Waals surface area (Å²) in [5, 5.41) is 0. The molecule has 1 aliphatic carbocycles. The molecule has 1 aliphatic rings. The zero-order valence-corrected chi connectivity index (χ0v) is 10.5. The fourth-order valence-electron chi connectivity index (χ4n) is 1.33. The first-order valence-corrected chi connectivity index (χ1v) is 5.45. The summed E-state index contributed by atoms with van der Waals surface area (Å²) in [4.78, 5) is 11.1. The Hall–Kier alpha value is -1.03. The van der Waals surface area contributed by atoms with Crippen LogP contribution >= 0.6 is 0 Å². The van der Waals surface area contributed by atoms with Crippen molar-refractivity contribution in [2.24, 2.45) is 17.3 Å². The zero-order chi connectivity index (χ0) is 12.1. The molecule has 0 saturated carbocycles. The van der Waals surface area contributed by atoms with Gasteiger partial charge < -0.3 is 0 Å². The van der Waals surface area contributed by atoms with E-state index in [1.54, 1.807) is 6.08 Å². The van der Waals surface area contributed by atoms with Crippen molar-refractivity contribution >= 4 is 5.78 Å². The number of terminal acetylenes is 1. The van der Waals surface area contributed by atoms with Crippen LogP contribution in [0.1, 0.15) is 41.0 Å². The summed E-state index contributed by atoms with van der Waals surface area (Å²) in [6, 6.07) is 0. The maximum Gasteiger partial charge on any atom is 0.159 e. The fraction of sp³-hybridized carbons (Fsp3) is 0.643. The van der Waals surface area contributed by atoms with Crippen LogP contribution in [0.4, 0.5) is 0 Å². The average Bonchev–Trinajstić information content (AvgIpc) is 2.51. The molecule has 84 valence electrons. The Balaban J connectivity index is 0.000000336. The number of ketones is 1. The molecule has 1 nitrogen and oxygen atoms in total. The molecule has 0 heterocycles. The predicted molar refractivity (Wildman–Crippen MR) is 65.4 cm³/mol. The lowest BCUT2D eigenvalue weighted by molar-refractivity contribution is -0.120. The van der Waals surface area contributed by atoms with Crippen molar-refractivity contribution in [3.8, 4) is 12.3 Å². The molecule has 0 spiro atoms. The van der Waals surface area contributed by atoms with Gasteiger partial charge in [-0.05, 0) is 17.9 Å². The van der Waals surface area contributed by atoms with Crippen LogP contribution in [0.3, 0.4) is 0 Å². The van der Waals surface area contributed by atoms with Crippen LogP contribution in [0.5, 0.6) is 0 Å². The van der Waals surface area contributed by atoms with E-state index < -0.39 is 0 Å². The maximum atomic E-state index is 11.1. The van der Waals surface area contributed by atoms with E-state index in [0.717, 1.165) is 6.42 Å². The van der Waals surface area contributed by atoms with Crippen molar-refractivity contribution in [3.63, 3.8) is 0 Å². The molecule has 15 heavy (non-hydrogen) atoms. The van der Waals surface area contributed by atoms with E-state index in [-0.39, 0.29) is 11.3 Å². The van der Waals surface area contributed by atoms with Crippen molar-refractivity contribution in [1.82, 2.24) is 0 Å². The minimum absolute atomic E-state index is 0.139. The van der Waals surface area contributed by atoms with Gasteiger partial charge in [-0.1, -0.05) is 40.7 Å². The van der Waals surface area contributed by atoms with Gasteiger partial charge in [0.15, 0.2) is 5.78 Å². The van der Waals surface area contributed by atoms with E-state index in [1.165, 1.54) is 0 Å². The molecule has 0 aromatic rings. The third-order valence-corrected chi connectivity index (χ3v) is 2.38. The minimum Gasteiger partial charge on any atom is -0.295 e. The van der Waals surface area contributed by atoms with Gasteiger partial charge >= 0.3 is 0 Å². The van der Waals surface area contributed by atoms with E-state index in [2.05, 4.69) is 26.7 Å². The average molecular weight is 206 g/mol. The SMILES string of the molecule is C#CC(C)C.CC(C)(C)C1CC=CC1=O. The second-order valence-corrected chi connectivity index (χ2v) is 5.28. The van der Waals surface area contributed by atoms with Crippen LogP contribution in [0, 0.1) is 29.6 Å². The molecule has 0 N–H and O–H groups in total. The van der Waals surface area contributed by atoms with Gasteiger partial charge in [0, 0.05) is 11.8 Å². The number of carbonyl (C=O) groups is 1. The van der Waals surface area contributed by atoms with Crippen molar-refractivity contribution in [3.05, 3.63) is 12.2 Å². The predicted octanol–water partition coefficient (Wildman–Crippen LogP) is 3.45. The largest absolute Gasteiger partial charge is 0.295 e. The normalized spacial score (nSPS) is 19.8. The molecule has 0 fully saturated rings. The number of allylic oxidation sites excluding steroid dienone is 2. The van der Waals surface area contributed by atoms with Gasteiger partial charge in [-0.3, -0.25) is 4.79 Å². The second-order valence-electron chi connectivity index (χ2n) is 5.28. The molecule has 0 bridgehead atoms. The van der Waals surface area contributed by atoms with Crippen LogP contribution < -0.4 is 0 Å². The van der Waals surface area contributed by atoms with E-state index in [0.29, 0.717) is 11.7 Å². The number of hydrogen-bond acceptors (Lipinski definition) is 1. The van der Waals surface area contributed by atoms with Gasteiger partial charge in [-0.2, -0.15) is 0 Å². The lowest BCUT2D eigenvalue weighted by atomic mass is 9.79. The highest BCUT2D eigenvalue weighted by Gasteiger charge is 2.31. The number of rotatable bonds is 0. The van der Waals surface area contributed by atoms with Crippen molar-refractivity contribution in [2.75, 3.05) is 0 Å². The first-order chi connectivity index (χ1) is 6.79. The van der Waals surface area contributed by atoms with Crippen molar-refractivity contribution < 1.29 is 4.79 Å². The standard InChI is InChI=1S/C9H14O.C5H8/c1-9(2,3)7-5-4-6-8(7)10;1-4-5(2)3/h4,6-7H,5H2,1-3H3;1,5H,2-3H3. The number of carbonyl (C=O) groups excluding carboxylic acids is 1. The number of hydrogen-bond donors (Lipinski definition) is 0. The lowest BCUT2D eigenvalue weighted by Gasteiger charge is -2.24. The minimum atomic E-state index is 0.139. The summed E-state index contributed by atoms with van der Waals surface area (Å²) < 4.78 is 0. The van der Waals surface area contributed by atoms with Gasteiger partial charge in [-0.15, -0.1) is 12.3 Å². The molecule has 0 aliphatic heterocycles.